The number of hydrogen-bond donors (Lipinski definition) is 0. The number of benzene rings is 6. The minimum atomic E-state index is -0.0949. The van der Waals surface area contributed by atoms with Crippen molar-refractivity contribution in [1.29, 1.82) is 0 Å². The van der Waals surface area contributed by atoms with Crippen LogP contribution in [0.15, 0.2) is 133 Å². The normalized spacial score (nSPS) is 13.4. The Kier molecular flexibility index (Phi) is 4.91. The summed E-state index contributed by atoms with van der Waals surface area (Å²) >= 11 is 0. The summed E-state index contributed by atoms with van der Waals surface area (Å²) in [5.74, 6) is 0. The van der Waals surface area contributed by atoms with Gasteiger partial charge in [-0.1, -0.05) is 147 Å². The van der Waals surface area contributed by atoms with Crippen LogP contribution in [-0.4, -0.2) is 0 Å². The van der Waals surface area contributed by atoms with E-state index in [1.807, 2.05) is 0 Å². The molecule has 0 fully saturated rings. The third kappa shape index (κ3) is 3.29. The molecule has 0 heterocycles. The average Bonchev–Trinajstić information content (AvgIpc) is 3.20. The van der Waals surface area contributed by atoms with E-state index in [4.69, 9.17) is 0 Å². The predicted octanol–water partition coefficient (Wildman–Crippen LogP) is 10.1. The zero-order valence-electron chi connectivity index (χ0n) is 21.2. The maximum absolute atomic E-state index is 2.38. The van der Waals surface area contributed by atoms with Crippen LogP contribution in [0.25, 0.3) is 55.3 Å². The van der Waals surface area contributed by atoms with Crippen molar-refractivity contribution < 1.29 is 0 Å². The van der Waals surface area contributed by atoms with Crippen molar-refractivity contribution in [2.45, 2.75) is 19.3 Å². The monoisotopic (exact) mass is 472 g/mol. The quantitative estimate of drug-likeness (QED) is 0.240. The van der Waals surface area contributed by atoms with Crippen LogP contribution in [0, 0.1) is 0 Å². The molecule has 0 atom stereocenters. The molecular weight excluding hydrogens is 444 g/mol. The minimum absolute atomic E-state index is 0.0949. The van der Waals surface area contributed by atoms with Gasteiger partial charge in [-0.15, -0.1) is 0 Å². The Bertz CT molecular complexity index is 1780. The van der Waals surface area contributed by atoms with Gasteiger partial charge in [-0.25, -0.2) is 0 Å². The van der Waals surface area contributed by atoms with Gasteiger partial charge >= 0.3 is 0 Å². The van der Waals surface area contributed by atoms with Gasteiger partial charge in [0.15, 0.2) is 0 Å². The highest BCUT2D eigenvalue weighted by Crippen LogP contribution is 2.54. The lowest BCUT2D eigenvalue weighted by Crippen LogP contribution is -2.16. The summed E-state index contributed by atoms with van der Waals surface area (Å²) in [7, 11) is 0. The first kappa shape index (κ1) is 21.8. The molecule has 0 aromatic heterocycles. The molecule has 7 rings (SSSR count). The van der Waals surface area contributed by atoms with Crippen molar-refractivity contribution in [3.63, 3.8) is 0 Å². The highest BCUT2D eigenvalue weighted by atomic mass is 14.4. The molecule has 37 heavy (non-hydrogen) atoms. The van der Waals surface area contributed by atoms with Gasteiger partial charge in [0.05, 0.1) is 0 Å². The summed E-state index contributed by atoms with van der Waals surface area (Å²) < 4.78 is 0. The van der Waals surface area contributed by atoms with Crippen molar-refractivity contribution in [3.8, 4) is 44.5 Å². The molecule has 0 bridgehead atoms. The van der Waals surface area contributed by atoms with Gasteiger partial charge < -0.3 is 0 Å². The minimum Gasteiger partial charge on any atom is -0.0622 e. The molecule has 0 aliphatic heterocycles. The van der Waals surface area contributed by atoms with E-state index in [-0.39, 0.29) is 5.41 Å². The van der Waals surface area contributed by atoms with Crippen molar-refractivity contribution >= 4 is 10.8 Å². The highest BCUT2D eigenvalue weighted by molar-refractivity contribution is 6.05. The van der Waals surface area contributed by atoms with Crippen molar-refractivity contribution in [2.24, 2.45) is 0 Å². The Morgan fingerprint density at radius 2 is 0.973 bits per heavy atom. The van der Waals surface area contributed by atoms with E-state index in [1.165, 1.54) is 66.4 Å². The molecule has 6 aromatic carbocycles. The molecule has 0 radical (unpaired) electrons. The molecule has 0 saturated carbocycles. The van der Waals surface area contributed by atoms with Crippen LogP contribution < -0.4 is 0 Å². The highest BCUT2D eigenvalue weighted by Gasteiger charge is 2.38. The topological polar surface area (TPSA) is 0 Å². The lowest BCUT2D eigenvalue weighted by molar-refractivity contribution is 0.662. The van der Waals surface area contributed by atoms with Gasteiger partial charge in [0.25, 0.3) is 0 Å². The molecule has 0 N–H and O–H groups in total. The maximum Gasteiger partial charge on any atom is 0.0165 e. The number of rotatable bonds is 3. The molecule has 6 aromatic rings. The van der Waals surface area contributed by atoms with Gasteiger partial charge in [0.2, 0.25) is 0 Å². The van der Waals surface area contributed by atoms with Crippen molar-refractivity contribution in [2.75, 3.05) is 0 Å². The number of hydrogen-bond acceptors (Lipinski definition) is 0. The second kappa shape index (κ2) is 8.32. The Morgan fingerprint density at radius 1 is 0.405 bits per heavy atom. The molecule has 1 aliphatic carbocycles. The van der Waals surface area contributed by atoms with Gasteiger partial charge in [-0.2, -0.15) is 0 Å². The van der Waals surface area contributed by atoms with E-state index in [9.17, 15) is 0 Å². The first-order chi connectivity index (χ1) is 18.1. The van der Waals surface area contributed by atoms with Crippen LogP contribution in [0.2, 0.25) is 0 Å². The summed E-state index contributed by atoms with van der Waals surface area (Å²) in [6.07, 6.45) is 0. The van der Waals surface area contributed by atoms with Gasteiger partial charge in [-0.3, -0.25) is 0 Å². The summed E-state index contributed by atoms with van der Waals surface area (Å²) in [6, 6.07) is 48.8. The third-order valence-electron chi connectivity index (χ3n) is 8.08. The first-order valence-electron chi connectivity index (χ1n) is 13.0. The van der Waals surface area contributed by atoms with Gasteiger partial charge in [0.1, 0.15) is 0 Å². The van der Waals surface area contributed by atoms with Crippen LogP contribution in [0.5, 0.6) is 0 Å². The Hall–Kier alpha value is -4.42. The molecule has 176 valence electrons. The van der Waals surface area contributed by atoms with Gasteiger partial charge in [-0.05, 0) is 66.4 Å². The lowest BCUT2D eigenvalue weighted by Gasteiger charge is -2.27. The summed E-state index contributed by atoms with van der Waals surface area (Å²) in [5.41, 5.74) is 13.1. The zero-order chi connectivity index (χ0) is 25.0. The molecule has 0 saturated heterocycles. The SMILES string of the molecule is CC1(C)c2ccccc2-c2cccc(-c3c(-c4ccccc4)cccc3-c3cccc4ccccc34)c21. The first-order valence-corrected chi connectivity index (χ1v) is 13.0. The standard InChI is InChI=1S/C37H28/c1-37(2)34-24-9-8-18-30(34)32-22-12-23-33(36(32)37)35-28(26-13-4-3-5-14-26)19-11-21-31(35)29-20-10-16-25-15-6-7-17-27(25)29/h3-24H,1-2H3. The van der Waals surface area contributed by atoms with Crippen molar-refractivity contribution in [3.05, 3.63) is 145 Å². The van der Waals surface area contributed by atoms with Crippen molar-refractivity contribution in [1.82, 2.24) is 0 Å². The van der Waals surface area contributed by atoms with Crippen LogP contribution in [0.3, 0.4) is 0 Å². The molecule has 0 heteroatoms. The zero-order valence-corrected chi connectivity index (χ0v) is 21.2. The average molecular weight is 473 g/mol. The fourth-order valence-electron chi connectivity index (χ4n) is 6.44. The van der Waals surface area contributed by atoms with E-state index < -0.39 is 0 Å². The van der Waals surface area contributed by atoms with E-state index >= 15 is 0 Å². The smallest absolute Gasteiger partial charge is 0.0165 e. The summed E-state index contributed by atoms with van der Waals surface area (Å²) in [4.78, 5) is 0. The number of fused-ring (bicyclic) bond motifs is 4. The molecule has 0 unspecified atom stereocenters. The molecule has 0 spiro atoms. The van der Waals surface area contributed by atoms with Crippen LogP contribution >= 0.6 is 0 Å². The Balaban J connectivity index is 1.61. The van der Waals surface area contributed by atoms with Crippen LogP contribution in [-0.2, 0) is 5.41 Å². The second-order valence-corrected chi connectivity index (χ2v) is 10.5. The van der Waals surface area contributed by atoms with E-state index in [0.29, 0.717) is 0 Å². The fourth-order valence-corrected chi connectivity index (χ4v) is 6.44. The summed E-state index contributed by atoms with van der Waals surface area (Å²) in [5, 5.41) is 2.55. The Morgan fingerprint density at radius 3 is 1.84 bits per heavy atom. The lowest BCUT2D eigenvalue weighted by atomic mass is 9.76. The van der Waals surface area contributed by atoms with E-state index in [0.717, 1.165) is 0 Å². The summed E-state index contributed by atoms with van der Waals surface area (Å²) in [6.45, 7) is 4.76. The largest absolute Gasteiger partial charge is 0.0622 e. The Labute approximate surface area is 218 Å². The van der Waals surface area contributed by atoms with Gasteiger partial charge in [0, 0.05) is 5.41 Å². The van der Waals surface area contributed by atoms with E-state index in [1.54, 1.807) is 0 Å². The fraction of sp³-hybridized carbons (Fsp3) is 0.0811. The molecule has 0 nitrogen and oxygen atoms in total. The molecule has 0 amide bonds. The van der Waals surface area contributed by atoms with Crippen LogP contribution in [0.1, 0.15) is 25.0 Å². The molecule has 1 aliphatic rings. The van der Waals surface area contributed by atoms with Crippen LogP contribution in [0.4, 0.5) is 0 Å². The second-order valence-electron chi connectivity index (χ2n) is 10.5. The van der Waals surface area contributed by atoms with E-state index in [2.05, 4.69) is 147 Å². The third-order valence-corrected chi connectivity index (χ3v) is 8.08. The maximum atomic E-state index is 2.38. The molecular formula is C37H28. The predicted molar refractivity (Wildman–Crippen MR) is 158 cm³/mol.